The van der Waals surface area contributed by atoms with Gasteiger partial charge in [-0.2, -0.15) is 0 Å². The molecular weight excluding hydrogens is 400 g/mol. The van der Waals surface area contributed by atoms with E-state index in [9.17, 15) is 14.4 Å². The lowest BCUT2D eigenvalue weighted by atomic mass is 9.95. The minimum atomic E-state index is -0.475. The second kappa shape index (κ2) is 13.2. The number of urea groups is 2. The van der Waals surface area contributed by atoms with Gasteiger partial charge < -0.3 is 37.1 Å². The van der Waals surface area contributed by atoms with E-state index in [2.05, 4.69) is 5.32 Å². The molecule has 0 aromatic rings. The zero-order valence-corrected chi connectivity index (χ0v) is 19.4. The number of ether oxygens (including phenoxy) is 1. The normalized spacial score (nSPS) is 21.5. The summed E-state index contributed by atoms with van der Waals surface area (Å²) >= 11 is 0. The molecule has 2 rings (SSSR count). The van der Waals surface area contributed by atoms with E-state index in [4.69, 9.17) is 21.9 Å². The Balaban J connectivity index is 0.000000343. The highest BCUT2D eigenvalue weighted by molar-refractivity contribution is 5.72. The Morgan fingerprint density at radius 1 is 0.935 bits per heavy atom. The summed E-state index contributed by atoms with van der Waals surface area (Å²) in [6.07, 6.45) is 5.73. The van der Waals surface area contributed by atoms with Crippen LogP contribution in [0.15, 0.2) is 0 Å². The average molecular weight is 443 g/mol. The number of carbonyl (C=O) groups excluding carboxylic acids is 3. The highest BCUT2D eigenvalue weighted by atomic mass is 16.6. The summed E-state index contributed by atoms with van der Waals surface area (Å²) in [5, 5.41) is 2.73. The number of carbonyl (C=O) groups is 3. The van der Waals surface area contributed by atoms with Crippen LogP contribution in [0.5, 0.6) is 0 Å². The maximum absolute atomic E-state index is 11.5. The van der Waals surface area contributed by atoms with Gasteiger partial charge in [-0.15, -0.1) is 0 Å². The molecule has 10 nitrogen and oxygen atoms in total. The minimum absolute atomic E-state index is 0.295. The Kier molecular flexibility index (Phi) is 11.4. The number of nitrogens with two attached hydrogens (primary N) is 3. The molecule has 31 heavy (non-hydrogen) atoms. The molecule has 180 valence electrons. The first-order chi connectivity index (χ1) is 14.5. The summed E-state index contributed by atoms with van der Waals surface area (Å²) in [4.78, 5) is 36.8. The van der Waals surface area contributed by atoms with Crippen LogP contribution in [0.25, 0.3) is 0 Å². The molecule has 2 aliphatic heterocycles. The van der Waals surface area contributed by atoms with E-state index in [0.29, 0.717) is 31.5 Å². The number of hydrogen-bond donors (Lipinski definition) is 4. The largest absolute Gasteiger partial charge is 0.444 e. The monoisotopic (exact) mass is 442 g/mol. The van der Waals surface area contributed by atoms with E-state index in [1.54, 1.807) is 9.80 Å². The van der Waals surface area contributed by atoms with E-state index in [-0.39, 0.29) is 12.1 Å². The van der Waals surface area contributed by atoms with Crippen molar-refractivity contribution in [3.63, 3.8) is 0 Å². The van der Waals surface area contributed by atoms with Crippen LogP contribution in [0, 0.1) is 11.8 Å². The van der Waals surface area contributed by atoms with Gasteiger partial charge in [0.1, 0.15) is 5.60 Å². The van der Waals surface area contributed by atoms with Crippen molar-refractivity contribution in [2.45, 2.75) is 64.9 Å². The van der Waals surface area contributed by atoms with Gasteiger partial charge in [0.15, 0.2) is 0 Å². The number of hydrogen-bond acceptors (Lipinski definition) is 5. The van der Waals surface area contributed by atoms with Gasteiger partial charge in [-0.3, -0.25) is 0 Å². The van der Waals surface area contributed by atoms with Crippen LogP contribution >= 0.6 is 0 Å². The zero-order valence-electron chi connectivity index (χ0n) is 19.4. The molecule has 2 aliphatic rings. The average Bonchev–Trinajstić information content (AvgIpc) is 2.68. The van der Waals surface area contributed by atoms with Gasteiger partial charge in [-0.05, 0) is 77.7 Å². The summed E-state index contributed by atoms with van der Waals surface area (Å²) in [7, 11) is 0. The van der Waals surface area contributed by atoms with Crippen molar-refractivity contribution in [1.29, 1.82) is 0 Å². The van der Waals surface area contributed by atoms with Gasteiger partial charge in [0, 0.05) is 32.7 Å². The summed E-state index contributed by atoms with van der Waals surface area (Å²) < 4.78 is 5.15. The van der Waals surface area contributed by atoms with Crippen LogP contribution < -0.4 is 22.5 Å². The second-order valence-corrected chi connectivity index (χ2v) is 9.38. The molecule has 0 spiro atoms. The molecule has 7 N–H and O–H groups in total. The molecule has 2 atom stereocenters. The highest BCUT2D eigenvalue weighted by Gasteiger charge is 2.23. The molecule has 0 aromatic carbocycles. The predicted octanol–water partition coefficient (Wildman–Crippen LogP) is 1.82. The molecule has 0 aliphatic carbocycles. The van der Waals surface area contributed by atoms with Gasteiger partial charge in [0.2, 0.25) is 0 Å². The summed E-state index contributed by atoms with van der Waals surface area (Å²) in [5.74, 6) is 0.965. The fraction of sp³-hybridized carbons (Fsp3) is 0.857. The SMILES string of the molecule is CC(C)(C)OC(=O)NCCC1CCCN(C(N)=O)C1.NCCC1CCCN(C(N)=O)C1. The second-order valence-electron chi connectivity index (χ2n) is 9.38. The van der Waals surface area contributed by atoms with Crippen LogP contribution in [0.3, 0.4) is 0 Å². The maximum Gasteiger partial charge on any atom is 0.407 e. The van der Waals surface area contributed by atoms with Gasteiger partial charge in [0.05, 0.1) is 0 Å². The van der Waals surface area contributed by atoms with Crippen LogP contribution in [-0.2, 0) is 4.74 Å². The van der Waals surface area contributed by atoms with Gasteiger partial charge >= 0.3 is 18.2 Å². The molecule has 2 saturated heterocycles. The maximum atomic E-state index is 11.5. The molecule has 0 saturated carbocycles. The lowest BCUT2D eigenvalue weighted by molar-refractivity contribution is 0.0522. The Hall–Kier alpha value is -2.23. The van der Waals surface area contributed by atoms with E-state index < -0.39 is 11.7 Å². The molecule has 2 unspecified atom stereocenters. The van der Waals surface area contributed by atoms with Crippen molar-refractivity contribution in [2.75, 3.05) is 39.3 Å². The number of alkyl carbamates (subject to hydrolysis) is 1. The molecule has 10 heteroatoms. The number of primary amides is 2. The lowest BCUT2D eigenvalue weighted by Gasteiger charge is -2.31. The molecule has 0 radical (unpaired) electrons. The molecule has 2 fully saturated rings. The van der Waals surface area contributed by atoms with Crippen molar-refractivity contribution in [1.82, 2.24) is 15.1 Å². The topological polar surface area (TPSA) is 157 Å². The van der Waals surface area contributed by atoms with Crippen molar-refractivity contribution in [3.05, 3.63) is 0 Å². The van der Waals surface area contributed by atoms with Crippen molar-refractivity contribution >= 4 is 18.2 Å². The molecule has 5 amide bonds. The minimum Gasteiger partial charge on any atom is -0.444 e. The van der Waals surface area contributed by atoms with Crippen LogP contribution in [0.1, 0.15) is 59.3 Å². The zero-order chi connectivity index (χ0) is 23.4. The predicted molar refractivity (Wildman–Crippen MR) is 120 cm³/mol. The third-order valence-corrected chi connectivity index (χ3v) is 5.46. The number of piperidine rings is 2. The molecule has 2 heterocycles. The Bertz CT molecular complexity index is 579. The number of nitrogens with one attached hydrogen (secondary N) is 1. The first-order valence-corrected chi connectivity index (χ1v) is 11.3. The standard InChI is InChI=1S/C13H25N3O3.C8H17N3O/c1-13(2,3)19-12(18)15-7-6-10-5-4-8-16(9-10)11(14)17;9-4-3-7-2-1-5-11(6-7)8(10)12/h10H,4-9H2,1-3H3,(H2,14,17)(H,15,18);7H,1-6,9H2,(H2,10,12). The van der Waals surface area contributed by atoms with Crippen LogP contribution in [0.4, 0.5) is 14.4 Å². The number of rotatable bonds is 5. The van der Waals surface area contributed by atoms with E-state index in [0.717, 1.165) is 51.7 Å². The Morgan fingerprint density at radius 3 is 1.84 bits per heavy atom. The fourth-order valence-corrected chi connectivity index (χ4v) is 3.93. The van der Waals surface area contributed by atoms with Gasteiger partial charge in [-0.25, -0.2) is 14.4 Å². The summed E-state index contributed by atoms with van der Waals surface area (Å²) in [5.41, 5.74) is 15.4. The van der Waals surface area contributed by atoms with Gasteiger partial charge in [0.25, 0.3) is 0 Å². The third-order valence-electron chi connectivity index (χ3n) is 5.46. The smallest absolute Gasteiger partial charge is 0.407 e. The lowest BCUT2D eigenvalue weighted by Crippen LogP contribution is -2.43. The third kappa shape index (κ3) is 11.7. The summed E-state index contributed by atoms with van der Waals surface area (Å²) in [6.45, 7) is 9.80. The molecule has 0 bridgehead atoms. The highest BCUT2D eigenvalue weighted by Crippen LogP contribution is 2.19. The fourth-order valence-electron chi connectivity index (χ4n) is 3.93. The Morgan fingerprint density at radius 2 is 1.42 bits per heavy atom. The van der Waals surface area contributed by atoms with E-state index in [1.807, 2.05) is 20.8 Å². The van der Waals surface area contributed by atoms with Gasteiger partial charge in [-0.1, -0.05) is 0 Å². The van der Waals surface area contributed by atoms with Crippen molar-refractivity contribution in [3.8, 4) is 0 Å². The van der Waals surface area contributed by atoms with E-state index >= 15 is 0 Å². The van der Waals surface area contributed by atoms with Crippen LogP contribution in [-0.4, -0.2) is 72.8 Å². The van der Waals surface area contributed by atoms with Crippen LogP contribution in [0.2, 0.25) is 0 Å². The first kappa shape index (κ1) is 26.8. The first-order valence-electron chi connectivity index (χ1n) is 11.3. The Labute approximate surface area is 186 Å². The molecular formula is C21H42N6O4. The molecule has 0 aromatic heterocycles. The van der Waals surface area contributed by atoms with E-state index in [1.165, 1.54) is 6.42 Å². The summed E-state index contributed by atoms with van der Waals surface area (Å²) in [6, 6.07) is -0.651. The quantitative estimate of drug-likeness (QED) is 0.511. The number of amides is 5. The number of nitrogens with zero attached hydrogens (tertiary/aromatic N) is 2. The number of likely N-dealkylation sites (tertiary alicyclic amines) is 2. The van der Waals surface area contributed by atoms with Crippen molar-refractivity contribution in [2.24, 2.45) is 29.0 Å². The van der Waals surface area contributed by atoms with Crippen molar-refractivity contribution < 1.29 is 19.1 Å².